The van der Waals surface area contributed by atoms with Gasteiger partial charge in [0.05, 0.1) is 11.1 Å². The molecule has 0 N–H and O–H groups in total. The van der Waals surface area contributed by atoms with E-state index < -0.39 is 11.7 Å². The first-order chi connectivity index (χ1) is 17.3. The minimum atomic E-state index is -4.53. The van der Waals surface area contributed by atoms with E-state index in [-0.39, 0.29) is 12.1 Å². The standard InChI is InChI=1S/C29H18Cl2F3NO/c30-21-12-13-26(31)20(14-21)17-36-22-9-4-8-19(15-22)27-23-10-5-11-25(29(32,33)34)28(23)35-16-24(27)18-6-2-1-3-7-18/h1-16H,17H2. The van der Waals surface area contributed by atoms with Gasteiger partial charge < -0.3 is 4.74 Å². The Labute approximate surface area is 215 Å². The average molecular weight is 524 g/mol. The summed E-state index contributed by atoms with van der Waals surface area (Å²) in [6.45, 7) is 0.184. The van der Waals surface area contributed by atoms with E-state index in [1.165, 1.54) is 12.3 Å². The Morgan fingerprint density at radius 3 is 2.31 bits per heavy atom. The molecular weight excluding hydrogens is 506 g/mol. The highest BCUT2D eigenvalue weighted by atomic mass is 35.5. The van der Waals surface area contributed by atoms with Gasteiger partial charge in [-0.3, -0.25) is 4.98 Å². The molecule has 5 rings (SSSR count). The van der Waals surface area contributed by atoms with Crippen LogP contribution in [0.3, 0.4) is 0 Å². The Morgan fingerprint density at radius 2 is 1.53 bits per heavy atom. The number of rotatable bonds is 5. The summed E-state index contributed by atoms with van der Waals surface area (Å²) >= 11 is 12.3. The van der Waals surface area contributed by atoms with Crippen LogP contribution in [0.2, 0.25) is 10.0 Å². The van der Waals surface area contributed by atoms with Crippen LogP contribution >= 0.6 is 23.2 Å². The predicted molar refractivity (Wildman–Crippen MR) is 138 cm³/mol. The van der Waals surface area contributed by atoms with Crippen molar-refractivity contribution in [3.05, 3.63) is 118 Å². The zero-order valence-corrected chi connectivity index (χ0v) is 20.2. The molecule has 0 bridgehead atoms. The zero-order valence-electron chi connectivity index (χ0n) is 18.7. The van der Waals surface area contributed by atoms with Crippen molar-refractivity contribution in [2.45, 2.75) is 12.8 Å². The van der Waals surface area contributed by atoms with Crippen LogP contribution in [0.15, 0.2) is 97.2 Å². The third kappa shape index (κ3) is 4.90. The van der Waals surface area contributed by atoms with E-state index in [1.807, 2.05) is 36.4 Å². The van der Waals surface area contributed by atoms with Crippen LogP contribution in [0.25, 0.3) is 33.2 Å². The van der Waals surface area contributed by atoms with Crippen LogP contribution in [0.5, 0.6) is 5.75 Å². The Kier molecular flexibility index (Phi) is 6.61. The Bertz CT molecular complexity index is 1550. The smallest absolute Gasteiger partial charge is 0.418 e. The summed E-state index contributed by atoms with van der Waals surface area (Å²) in [5.74, 6) is 0.541. The van der Waals surface area contributed by atoms with Gasteiger partial charge in [-0.25, -0.2) is 0 Å². The molecule has 4 aromatic carbocycles. The number of alkyl halides is 3. The maximum Gasteiger partial charge on any atom is 0.418 e. The van der Waals surface area contributed by atoms with Gasteiger partial charge in [-0.15, -0.1) is 0 Å². The second kappa shape index (κ2) is 9.84. The van der Waals surface area contributed by atoms with Gasteiger partial charge in [-0.2, -0.15) is 13.2 Å². The normalized spacial score (nSPS) is 11.6. The molecule has 5 aromatic rings. The molecule has 0 spiro atoms. The second-order valence-electron chi connectivity index (χ2n) is 8.16. The van der Waals surface area contributed by atoms with Crippen LogP contribution in [-0.4, -0.2) is 4.98 Å². The summed E-state index contributed by atoms with van der Waals surface area (Å²) in [5.41, 5.74) is 2.76. The number of hydrogen-bond acceptors (Lipinski definition) is 2. The van der Waals surface area contributed by atoms with Gasteiger partial charge in [0.25, 0.3) is 0 Å². The van der Waals surface area contributed by atoms with Crippen molar-refractivity contribution in [3.63, 3.8) is 0 Å². The van der Waals surface area contributed by atoms with E-state index in [2.05, 4.69) is 4.98 Å². The number of fused-ring (bicyclic) bond motifs is 1. The molecule has 0 saturated carbocycles. The lowest BCUT2D eigenvalue weighted by Gasteiger charge is -2.17. The number of benzene rings is 4. The van der Waals surface area contributed by atoms with Crippen LogP contribution in [0, 0.1) is 0 Å². The summed E-state index contributed by atoms with van der Waals surface area (Å²) in [4.78, 5) is 4.25. The molecule has 36 heavy (non-hydrogen) atoms. The van der Waals surface area contributed by atoms with Crippen LogP contribution in [0.1, 0.15) is 11.1 Å². The van der Waals surface area contributed by atoms with E-state index in [1.54, 1.807) is 42.5 Å². The zero-order chi connectivity index (χ0) is 25.3. The summed E-state index contributed by atoms with van der Waals surface area (Å²) in [7, 11) is 0. The number of pyridine rings is 1. The van der Waals surface area contributed by atoms with Gasteiger partial charge >= 0.3 is 6.18 Å². The molecule has 0 aliphatic rings. The molecule has 1 heterocycles. The van der Waals surface area contributed by atoms with Gasteiger partial charge in [0.1, 0.15) is 12.4 Å². The van der Waals surface area contributed by atoms with E-state index >= 15 is 0 Å². The molecule has 0 radical (unpaired) electrons. The lowest BCUT2D eigenvalue weighted by Crippen LogP contribution is -2.07. The van der Waals surface area contributed by atoms with E-state index in [9.17, 15) is 13.2 Å². The number of aromatic nitrogens is 1. The summed E-state index contributed by atoms with van der Waals surface area (Å²) in [5, 5.41) is 1.48. The Morgan fingerprint density at radius 1 is 0.778 bits per heavy atom. The third-order valence-corrected chi connectivity index (χ3v) is 6.42. The molecule has 2 nitrogen and oxygen atoms in total. The molecule has 0 amide bonds. The van der Waals surface area contributed by atoms with E-state index in [0.29, 0.717) is 32.3 Å². The van der Waals surface area contributed by atoms with Crippen molar-refractivity contribution in [2.75, 3.05) is 0 Å². The van der Waals surface area contributed by atoms with Gasteiger partial charge in [-0.05, 0) is 47.5 Å². The summed E-state index contributed by atoms with van der Waals surface area (Å²) in [6, 6.07) is 26.0. The highest BCUT2D eigenvalue weighted by Crippen LogP contribution is 2.42. The fourth-order valence-corrected chi connectivity index (χ4v) is 4.52. The van der Waals surface area contributed by atoms with Crippen LogP contribution in [0.4, 0.5) is 13.2 Å². The molecule has 0 unspecified atom stereocenters. The van der Waals surface area contributed by atoms with Crippen molar-refractivity contribution in [3.8, 4) is 28.0 Å². The van der Waals surface area contributed by atoms with Crippen molar-refractivity contribution >= 4 is 34.1 Å². The molecule has 180 valence electrons. The number of hydrogen-bond donors (Lipinski definition) is 0. The number of nitrogens with zero attached hydrogens (tertiary/aromatic N) is 1. The Balaban J connectivity index is 1.64. The van der Waals surface area contributed by atoms with E-state index in [4.69, 9.17) is 27.9 Å². The largest absolute Gasteiger partial charge is 0.489 e. The van der Waals surface area contributed by atoms with Gasteiger partial charge in [0.2, 0.25) is 0 Å². The third-order valence-electron chi connectivity index (χ3n) is 5.81. The average Bonchev–Trinajstić information content (AvgIpc) is 2.88. The van der Waals surface area contributed by atoms with Gasteiger partial charge in [0.15, 0.2) is 0 Å². The monoisotopic (exact) mass is 523 g/mol. The lowest BCUT2D eigenvalue weighted by atomic mass is 9.91. The van der Waals surface area contributed by atoms with E-state index in [0.717, 1.165) is 22.8 Å². The molecule has 0 fully saturated rings. The van der Waals surface area contributed by atoms with Gasteiger partial charge in [-0.1, -0.05) is 77.8 Å². The second-order valence-corrected chi connectivity index (χ2v) is 9.01. The Hall–Kier alpha value is -3.54. The number of halogens is 5. The number of ether oxygens (including phenoxy) is 1. The predicted octanol–water partition coefficient (Wildman–Crippen LogP) is 9.47. The topological polar surface area (TPSA) is 22.1 Å². The van der Waals surface area contributed by atoms with Crippen molar-refractivity contribution in [2.24, 2.45) is 0 Å². The van der Waals surface area contributed by atoms with Crippen molar-refractivity contribution in [1.82, 2.24) is 4.98 Å². The molecule has 0 atom stereocenters. The van der Waals surface area contributed by atoms with Crippen molar-refractivity contribution < 1.29 is 17.9 Å². The highest BCUT2D eigenvalue weighted by Gasteiger charge is 2.33. The fourth-order valence-electron chi connectivity index (χ4n) is 4.16. The van der Waals surface area contributed by atoms with Crippen LogP contribution in [-0.2, 0) is 12.8 Å². The van der Waals surface area contributed by atoms with Crippen LogP contribution < -0.4 is 4.74 Å². The molecule has 1 aromatic heterocycles. The molecule has 0 saturated heterocycles. The minimum Gasteiger partial charge on any atom is -0.489 e. The highest BCUT2D eigenvalue weighted by molar-refractivity contribution is 6.33. The maximum absolute atomic E-state index is 13.8. The van der Waals surface area contributed by atoms with Gasteiger partial charge in [0, 0.05) is 38.3 Å². The SMILES string of the molecule is FC(F)(F)c1cccc2c(-c3cccc(OCc4cc(Cl)ccc4Cl)c3)c(-c3ccccc3)cnc12. The summed E-state index contributed by atoms with van der Waals surface area (Å²) < 4.78 is 47.3. The lowest BCUT2D eigenvalue weighted by molar-refractivity contribution is -0.136. The maximum atomic E-state index is 13.8. The number of para-hydroxylation sites is 1. The first kappa shape index (κ1) is 24.2. The summed E-state index contributed by atoms with van der Waals surface area (Å²) in [6.07, 6.45) is -3.03. The molecule has 0 aliphatic carbocycles. The first-order valence-corrected chi connectivity index (χ1v) is 11.8. The first-order valence-electron chi connectivity index (χ1n) is 11.0. The minimum absolute atomic E-state index is 0.100. The molecular formula is C29H18Cl2F3NO. The molecule has 0 aliphatic heterocycles. The van der Waals surface area contributed by atoms with Crippen molar-refractivity contribution in [1.29, 1.82) is 0 Å². The quantitative estimate of drug-likeness (QED) is 0.229. The molecule has 7 heteroatoms. The fraction of sp³-hybridized carbons (Fsp3) is 0.0690.